The van der Waals surface area contributed by atoms with E-state index in [1.165, 1.54) is 15.9 Å². The Morgan fingerprint density at radius 3 is 1.81 bits per heavy atom. The van der Waals surface area contributed by atoms with Gasteiger partial charge in [0, 0.05) is 0 Å². The van der Waals surface area contributed by atoms with E-state index in [1.807, 2.05) is 6.92 Å². The summed E-state index contributed by atoms with van der Waals surface area (Å²) < 4.78 is 3.64. The summed E-state index contributed by atoms with van der Waals surface area (Å²) in [7, 11) is 4.83. The van der Waals surface area contributed by atoms with Gasteiger partial charge in [0.1, 0.15) is 0 Å². The molecule has 194 valence electrons. The van der Waals surface area contributed by atoms with Gasteiger partial charge >= 0.3 is 245 Å². The third kappa shape index (κ3) is 6.42. The summed E-state index contributed by atoms with van der Waals surface area (Å²) in [6, 6.07) is 32.5. The van der Waals surface area contributed by atoms with Crippen molar-refractivity contribution in [1.82, 2.24) is 4.98 Å². The Bertz CT molecular complexity index is 1240. The number of hydrogen-bond acceptors (Lipinski definition) is 4. The van der Waals surface area contributed by atoms with E-state index in [4.69, 9.17) is 10.3 Å². The van der Waals surface area contributed by atoms with E-state index in [1.54, 1.807) is 11.3 Å². The number of thiazole rings is 1. The number of aryl methyl sites for hydroxylation is 1. The van der Waals surface area contributed by atoms with Crippen molar-refractivity contribution in [2.45, 2.75) is 26.0 Å². The van der Waals surface area contributed by atoms with Gasteiger partial charge in [-0.3, -0.25) is 0 Å². The Labute approximate surface area is 243 Å². The van der Waals surface area contributed by atoms with Crippen LogP contribution in [-0.4, -0.2) is 23.3 Å². The fourth-order valence-corrected chi connectivity index (χ4v) is 15.8. The average Bonchev–Trinajstić information content (AvgIpc) is 3.33. The zero-order valence-corrected chi connectivity index (χ0v) is 28.0. The number of benzene rings is 3. The molecule has 4 atom stereocenters. The number of rotatable bonds is 10. The van der Waals surface area contributed by atoms with Crippen LogP contribution in [0.2, 0.25) is 0 Å². The number of nitrogens with two attached hydrogens (primary N) is 1. The molecule has 2 N–H and O–H groups in total. The van der Waals surface area contributed by atoms with Gasteiger partial charge in [-0.25, -0.2) is 0 Å². The maximum absolute atomic E-state index is 7.06. The summed E-state index contributed by atoms with van der Waals surface area (Å²) in [6.45, 7) is 4.12. The van der Waals surface area contributed by atoms with Crippen molar-refractivity contribution in [3.05, 3.63) is 113 Å². The van der Waals surface area contributed by atoms with Gasteiger partial charge in [0.2, 0.25) is 0 Å². The van der Waals surface area contributed by atoms with Crippen molar-refractivity contribution in [2.24, 2.45) is 5.73 Å². The van der Waals surface area contributed by atoms with Gasteiger partial charge in [0.15, 0.2) is 0 Å². The van der Waals surface area contributed by atoms with Crippen LogP contribution in [-0.2, 0) is 4.52 Å². The molecule has 0 amide bonds. The Kier molecular flexibility index (Phi) is 10.1. The van der Waals surface area contributed by atoms with E-state index >= 15 is 0 Å². The Morgan fingerprint density at radius 2 is 1.43 bits per heavy atom. The number of halogens is 1. The second-order valence-electron chi connectivity index (χ2n) is 9.08. The van der Waals surface area contributed by atoms with Crippen molar-refractivity contribution in [1.29, 1.82) is 0 Å². The normalized spacial score (nSPS) is 15.2. The Balaban J connectivity index is 1.92. The monoisotopic (exact) mass is 696 g/mol. The molecule has 4 rings (SSSR count). The molecule has 4 unspecified atom stereocenters. The van der Waals surface area contributed by atoms with Crippen molar-refractivity contribution in [2.75, 3.05) is 6.16 Å². The van der Waals surface area contributed by atoms with E-state index in [9.17, 15) is 0 Å². The molecule has 0 bridgehead atoms. The standard InChI is InChI=1S/C28H33IN2OP4S/c1-21(18-23-20-37-22(2)31-23)28(30)27(32-35(33)34)19-36(29,24-12-6-3-7-13-24,25-14-8-4-9-15-25)26-16-10-5-11-17-26/h3-18,20,27-28H,19,30,33-34H2,1-2H3/b21-18+. The van der Waals surface area contributed by atoms with Crippen LogP contribution in [0.3, 0.4) is 0 Å². The molecule has 0 saturated heterocycles. The van der Waals surface area contributed by atoms with Crippen LogP contribution in [0.4, 0.5) is 0 Å². The summed E-state index contributed by atoms with van der Waals surface area (Å²) in [5.41, 5.74) is 9.08. The third-order valence-electron chi connectivity index (χ3n) is 6.60. The molecule has 0 spiro atoms. The predicted octanol–water partition coefficient (Wildman–Crippen LogP) is 7.42. The van der Waals surface area contributed by atoms with E-state index in [-0.39, 0.29) is 12.1 Å². The van der Waals surface area contributed by atoms with Crippen molar-refractivity contribution < 1.29 is 4.52 Å². The first-order valence-electron chi connectivity index (χ1n) is 11.9. The zero-order valence-electron chi connectivity index (χ0n) is 20.9. The average molecular weight is 696 g/mol. The molecule has 0 aliphatic heterocycles. The molecule has 9 heteroatoms. The first kappa shape index (κ1) is 29.4. The summed E-state index contributed by atoms with van der Waals surface area (Å²) in [4.78, 5) is 4.63. The SMILES string of the molecule is C/C(=C\c1csc(C)n1)C(N)C(CP(I)(c1ccccc1)(c1ccccc1)c1ccccc1)OP(P)P. The van der Waals surface area contributed by atoms with Crippen LogP contribution in [0, 0.1) is 6.92 Å². The van der Waals surface area contributed by atoms with Crippen molar-refractivity contribution >= 4 is 85.0 Å². The molecule has 37 heavy (non-hydrogen) atoms. The van der Waals surface area contributed by atoms with Crippen LogP contribution < -0.4 is 21.6 Å². The summed E-state index contributed by atoms with van der Waals surface area (Å²) in [5, 5.41) is 7.09. The molecular formula is C28H33IN2OP4S. The summed E-state index contributed by atoms with van der Waals surface area (Å²) in [5.74, 6) is 0. The second kappa shape index (κ2) is 12.7. The number of aromatic nitrogens is 1. The van der Waals surface area contributed by atoms with Gasteiger partial charge < -0.3 is 0 Å². The molecule has 0 fully saturated rings. The quantitative estimate of drug-likeness (QED) is 0.139. The molecule has 1 aromatic heterocycles. The van der Waals surface area contributed by atoms with Gasteiger partial charge in [-0.05, 0) is 0 Å². The molecule has 0 aliphatic carbocycles. The summed E-state index contributed by atoms with van der Waals surface area (Å²) in [6.07, 6.45) is 2.66. The van der Waals surface area contributed by atoms with Crippen molar-refractivity contribution in [3.8, 4) is 0 Å². The first-order valence-corrected chi connectivity index (χ1v) is 22.5. The van der Waals surface area contributed by atoms with Crippen LogP contribution in [0.25, 0.3) is 6.08 Å². The predicted molar refractivity (Wildman–Crippen MR) is 184 cm³/mol. The molecule has 0 aliphatic rings. The van der Waals surface area contributed by atoms with Gasteiger partial charge in [-0.15, -0.1) is 0 Å². The van der Waals surface area contributed by atoms with E-state index < -0.39 is 11.8 Å². The fraction of sp³-hybridized carbons (Fsp3) is 0.179. The van der Waals surface area contributed by atoms with Gasteiger partial charge in [0.05, 0.1) is 0 Å². The molecule has 3 nitrogen and oxygen atoms in total. The molecule has 4 aromatic rings. The Hall–Kier alpha value is -0.600. The van der Waals surface area contributed by atoms with Crippen LogP contribution in [0.15, 0.2) is 102 Å². The topological polar surface area (TPSA) is 48.1 Å². The van der Waals surface area contributed by atoms with Gasteiger partial charge in [0.25, 0.3) is 0 Å². The number of hydrogen-bond donors (Lipinski definition) is 1. The first-order chi connectivity index (χ1) is 17.7. The van der Waals surface area contributed by atoms with Crippen LogP contribution >= 0.6 is 63.0 Å². The van der Waals surface area contributed by atoms with E-state index in [0.717, 1.165) is 22.4 Å². The third-order valence-corrected chi connectivity index (χ3v) is 20.0. The molecule has 0 radical (unpaired) electrons. The van der Waals surface area contributed by atoms with Crippen molar-refractivity contribution in [3.63, 3.8) is 0 Å². The van der Waals surface area contributed by atoms with Gasteiger partial charge in [-0.2, -0.15) is 0 Å². The van der Waals surface area contributed by atoms with E-state index in [0.29, 0.717) is 0 Å². The second-order valence-corrected chi connectivity index (χ2v) is 26.6. The molecule has 0 saturated carbocycles. The molecule has 3 aromatic carbocycles. The summed E-state index contributed by atoms with van der Waals surface area (Å²) >= 11 is 4.46. The zero-order chi connectivity index (χ0) is 26.5. The molecule has 1 heterocycles. The van der Waals surface area contributed by atoms with Crippen LogP contribution in [0.1, 0.15) is 17.6 Å². The minimum absolute atomic E-state index is 0.215. The Morgan fingerprint density at radius 1 is 0.973 bits per heavy atom. The molecular weight excluding hydrogens is 663 g/mol. The fourth-order valence-electron chi connectivity index (χ4n) is 4.76. The van der Waals surface area contributed by atoms with Gasteiger partial charge in [-0.1, -0.05) is 0 Å². The van der Waals surface area contributed by atoms with E-state index in [2.05, 4.69) is 154 Å². The number of nitrogens with zero attached hydrogens (tertiary/aromatic N) is 1. The minimum atomic E-state index is -3.06. The van der Waals surface area contributed by atoms with Crippen LogP contribution in [0.5, 0.6) is 0 Å². The maximum atomic E-state index is 7.06.